The lowest BCUT2D eigenvalue weighted by Gasteiger charge is -2.27. The van der Waals surface area contributed by atoms with Crippen LogP contribution in [0.4, 0.5) is 4.39 Å². The maximum Gasteiger partial charge on any atom is 0.145 e. The van der Waals surface area contributed by atoms with Crippen molar-refractivity contribution in [2.45, 2.75) is 31.6 Å². The number of allylic oxidation sites excluding steroid dienone is 1. The molecule has 1 fully saturated rings. The molecular formula is C16H18ClF. The Morgan fingerprint density at radius 2 is 1.83 bits per heavy atom. The third-order valence-electron chi connectivity index (χ3n) is 3.91. The van der Waals surface area contributed by atoms with Gasteiger partial charge in [0, 0.05) is 0 Å². The van der Waals surface area contributed by atoms with Crippen molar-refractivity contribution < 1.29 is 4.39 Å². The highest BCUT2D eigenvalue weighted by atomic mass is 35.5. The molecule has 0 atom stereocenters. The molecule has 0 aromatic heterocycles. The first-order valence-corrected chi connectivity index (χ1v) is 6.78. The van der Waals surface area contributed by atoms with E-state index in [1.807, 2.05) is 18.2 Å². The molecule has 1 saturated carbocycles. The molecule has 2 heteroatoms. The summed E-state index contributed by atoms with van der Waals surface area (Å²) in [5.41, 5.74) is 1.42. The van der Waals surface area contributed by atoms with Crippen molar-refractivity contribution in [2.24, 2.45) is 5.92 Å². The molecule has 0 bridgehead atoms. The fourth-order valence-corrected chi connectivity index (χ4v) is 2.97. The summed E-state index contributed by atoms with van der Waals surface area (Å²) in [6.07, 6.45) is 7.81. The van der Waals surface area contributed by atoms with E-state index in [4.69, 9.17) is 11.6 Å². The second kappa shape index (κ2) is 5.71. The van der Waals surface area contributed by atoms with Crippen molar-refractivity contribution in [1.82, 2.24) is 0 Å². The first kappa shape index (κ1) is 13.4. The van der Waals surface area contributed by atoms with E-state index < -0.39 is 0 Å². The largest absolute Gasteiger partial charge is 0.205 e. The quantitative estimate of drug-likeness (QED) is 0.625. The van der Waals surface area contributed by atoms with E-state index in [1.165, 1.54) is 0 Å². The number of hydrogen-bond acceptors (Lipinski definition) is 0. The Bertz CT molecular complexity index is 456. The lowest BCUT2D eigenvalue weighted by Crippen LogP contribution is -2.13. The van der Waals surface area contributed by atoms with Crippen LogP contribution in [0, 0.1) is 11.7 Å². The third kappa shape index (κ3) is 2.51. The molecule has 0 N–H and O–H groups in total. The van der Waals surface area contributed by atoms with Gasteiger partial charge in [-0.05, 0) is 48.6 Å². The molecule has 0 saturated heterocycles. The molecule has 0 nitrogen and oxygen atoms in total. The molecular weight excluding hydrogens is 247 g/mol. The van der Waals surface area contributed by atoms with E-state index in [9.17, 15) is 4.39 Å². The SMILES string of the molecule is C=Cc1ccc(C2CCC(C=C)CC2)c(F)c1Cl. The van der Waals surface area contributed by atoms with E-state index in [0.29, 0.717) is 11.5 Å². The standard InChI is InChI=1S/C16H18ClF/c1-3-11-5-7-13(8-6-11)14-10-9-12(4-2)15(17)16(14)18/h3-4,9-11,13H,1-2,5-8H2. The van der Waals surface area contributed by atoms with Crippen molar-refractivity contribution >= 4 is 17.7 Å². The van der Waals surface area contributed by atoms with E-state index in [0.717, 1.165) is 31.2 Å². The summed E-state index contributed by atoms with van der Waals surface area (Å²) in [4.78, 5) is 0. The molecule has 1 aromatic rings. The van der Waals surface area contributed by atoms with Crippen LogP contribution >= 0.6 is 11.6 Å². The van der Waals surface area contributed by atoms with Gasteiger partial charge < -0.3 is 0 Å². The Morgan fingerprint density at radius 1 is 1.17 bits per heavy atom. The normalized spacial score (nSPS) is 23.7. The fourth-order valence-electron chi connectivity index (χ4n) is 2.72. The summed E-state index contributed by atoms with van der Waals surface area (Å²) in [5, 5.41) is 0.202. The molecule has 0 aliphatic heterocycles. The summed E-state index contributed by atoms with van der Waals surface area (Å²) >= 11 is 6.01. The molecule has 18 heavy (non-hydrogen) atoms. The Morgan fingerprint density at radius 3 is 2.39 bits per heavy atom. The van der Waals surface area contributed by atoms with Crippen molar-refractivity contribution in [2.75, 3.05) is 0 Å². The zero-order valence-corrected chi connectivity index (χ0v) is 11.2. The van der Waals surface area contributed by atoms with E-state index in [-0.39, 0.29) is 16.8 Å². The van der Waals surface area contributed by atoms with Crippen LogP contribution in [0.2, 0.25) is 5.02 Å². The maximum absolute atomic E-state index is 14.2. The maximum atomic E-state index is 14.2. The molecule has 0 spiro atoms. The van der Waals surface area contributed by atoms with Crippen LogP contribution in [0.1, 0.15) is 42.7 Å². The predicted octanol–water partition coefficient (Wildman–Crippen LogP) is 5.58. The number of hydrogen-bond donors (Lipinski definition) is 0. The van der Waals surface area contributed by atoms with E-state index in [2.05, 4.69) is 13.2 Å². The first-order chi connectivity index (χ1) is 8.67. The van der Waals surface area contributed by atoms with E-state index in [1.54, 1.807) is 6.08 Å². The van der Waals surface area contributed by atoms with Crippen LogP contribution in [-0.4, -0.2) is 0 Å². The molecule has 1 aliphatic rings. The van der Waals surface area contributed by atoms with Gasteiger partial charge in [0.25, 0.3) is 0 Å². The van der Waals surface area contributed by atoms with Crippen molar-refractivity contribution in [1.29, 1.82) is 0 Å². The van der Waals surface area contributed by atoms with Gasteiger partial charge in [-0.15, -0.1) is 6.58 Å². The predicted molar refractivity (Wildman–Crippen MR) is 76.4 cm³/mol. The van der Waals surface area contributed by atoms with Gasteiger partial charge in [0.2, 0.25) is 0 Å². The highest BCUT2D eigenvalue weighted by molar-refractivity contribution is 6.32. The van der Waals surface area contributed by atoms with Gasteiger partial charge >= 0.3 is 0 Å². The van der Waals surface area contributed by atoms with Gasteiger partial charge in [0.1, 0.15) is 5.82 Å². The second-order valence-electron chi connectivity index (χ2n) is 4.92. The van der Waals surface area contributed by atoms with Gasteiger partial charge in [-0.3, -0.25) is 0 Å². The van der Waals surface area contributed by atoms with Gasteiger partial charge in [0.05, 0.1) is 5.02 Å². The van der Waals surface area contributed by atoms with Gasteiger partial charge in [-0.2, -0.15) is 0 Å². The van der Waals surface area contributed by atoms with Crippen LogP contribution in [0.3, 0.4) is 0 Å². The van der Waals surface area contributed by atoms with Crippen molar-refractivity contribution in [3.63, 3.8) is 0 Å². The molecule has 0 unspecified atom stereocenters. The lowest BCUT2D eigenvalue weighted by atomic mass is 9.78. The molecule has 96 valence electrons. The first-order valence-electron chi connectivity index (χ1n) is 6.40. The van der Waals surface area contributed by atoms with Gasteiger partial charge in [0.15, 0.2) is 0 Å². The summed E-state index contributed by atoms with van der Waals surface area (Å²) in [6, 6.07) is 3.71. The average molecular weight is 265 g/mol. The van der Waals surface area contributed by atoms with Crippen LogP contribution < -0.4 is 0 Å². The fraction of sp³-hybridized carbons (Fsp3) is 0.375. The van der Waals surface area contributed by atoms with Crippen LogP contribution in [0.5, 0.6) is 0 Å². The van der Waals surface area contributed by atoms with Gasteiger partial charge in [-0.25, -0.2) is 4.39 Å². The van der Waals surface area contributed by atoms with Crippen LogP contribution in [0.25, 0.3) is 6.08 Å². The Kier molecular flexibility index (Phi) is 4.23. The summed E-state index contributed by atoms with van der Waals surface area (Å²) in [7, 11) is 0. The van der Waals surface area contributed by atoms with Gasteiger partial charge in [-0.1, -0.05) is 42.5 Å². The van der Waals surface area contributed by atoms with Crippen molar-refractivity contribution in [3.05, 3.63) is 53.3 Å². The number of rotatable bonds is 3. The zero-order valence-electron chi connectivity index (χ0n) is 10.5. The second-order valence-corrected chi connectivity index (χ2v) is 5.30. The third-order valence-corrected chi connectivity index (χ3v) is 4.29. The summed E-state index contributed by atoms with van der Waals surface area (Å²) in [5.74, 6) is 0.612. The zero-order chi connectivity index (χ0) is 13.1. The molecule has 1 aromatic carbocycles. The Hall–Kier alpha value is -1.08. The number of benzene rings is 1. The van der Waals surface area contributed by atoms with Crippen LogP contribution in [-0.2, 0) is 0 Å². The highest BCUT2D eigenvalue weighted by Gasteiger charge is 2.24. The smallest absolute Gasteiger partial charge is 0.145 e. The molecule has 0 amide bonds. The van der Waals surface area contributed by atoms with Crippen molar-refractivity contribution in [3.8, 4) is 0 Å². The minimum atomic E-state index is -0.267. The summed E-state index contributed by atoms with van der Waals surface area (Å²) < 4.78 is 14.2. The monoisotopic (exact) mass is 264 g/mol. The molecule has 0 heterocycles. The lowest BCUT2D eigenvalue weighted by molar-refractivity contribution is 0.369. The Balaban J connectivity index is 2.22. The minimum Gasteiger partial charge on any atom is -0.205 e. The van der Waals surface area contributed by atoms with Crippen LogP contribution in [0.15, 0.2) is 31.4 Å². The van der Waals surface area contributed by atoms with E-state index >= 15 is 0 Å². The molecule has 0 radical (unpaired) electrons. The Labute approximate surface area is 113 Å². The summed E-state index contributed by atoms with van der Waals surface area (Å²) in [6.45, 7) is 7.46. The molecule has 1 aliphatic carbocycles. The topological polar surface area (TPSA) is 0 Å². The average Bonchev–Trinajstić information content (AvgIpc) is 2.42. The molecule has 2 rings (SSSR count). The number of halogens is 2. The minimum absolute atomic E-state index is 0.202. The highest BCUT2D eigenvalue weighted by Crippen LogP contribution is 2.39.